The van der Waals surface area contributed by atoms with Gasteiger partial charge in [0.15, 0.2) is 0 Å². The van der Waals surface area contributed by atoms with E-state index in [0.29, 0.717) is 43.4 Å². The molecule has 0 unspecified atom stereocenters. The topological polar surface area (TPSA) is 86.4 Å². The van der Waals surface area contributed by atoms with Crippen LogP contribution in [0, 0.1) is 11.7 Å². The Hall–Kier alpha value is -4.01. The molecule has 186 valence electrons. The number of fused-ring (bicyclic) bond motifs is 3. The Balaban J connectivity index is 1.48. The van der Waals surface area contributed by atoms with Crippen LogP contribution in [0.15, 0.2) is 59.5 Å². The normalized spacial score (nSPS) is 15.9. The maximum absolute atomic E-state index is 13.6. The quantitative estimate of drug-likeness (QED) is 0.387. The van der Waals surface area contributed by atoms with Crippen molar-refractivity contribution in [1.29, 1.82) is 0 Å². The largest absolute Gasteiger partial charge is 0.466 e. The molecule has 0 N–H and O–H groups in total. The highest BCUT2D eigenvalue weighted by Gasteiger charge is 2.30. The van der Waals surface area contributed by atoms with Crippen LogP contribution in [-0.4, -0.2) is 50.8 Å². The number of likely N-dealkylation sites (tertiary alicyclic amines) is 1. The number of carbonyl (C=O) groups excluding carboxylic acids is 2. The summed E-state index contributed by atoms with van der Waals surface area (Å²) in [6.45, 7) is 3.01. The maximum atomic E-state index is 13.6. The van der Waals surface area contributed by atoms with Gasteiger partial charge in [0.2, 0.25) is 5.91 Å². The smallest absolute Gasteiger partial charge is 0.310 e. The number of hydrogen-bond acceptors (Lipinski definition) is 5. The summed E-state index contributed by atoms with van der Waals surface area (Å²) in [6.07, 6.45) is 2.99. The van der Waals surface area contributed by atoms with Crippen LogP contribution in [0.25, 0.3) is 21.8 Å². The lowest BCUT2D eigenvalue weighted by Gasteiger charge is -2.31. The Morgan fingerprint density at radius 1 is 1.11 bits per heavy atom. The van der Waals surface area contributed by atoms with Gasteiger partial charge in [-0.1, -0.05) is 30.3 Å². The molecular formula is C27H27FN4O4. The lowest BCUT2D eigenvalue weighted by atomic mass is 9.98. The average molecular weight is 491 g/mol. The number of nitrogens with zero attached hydrogens (tertiary/aromatic N) is 4. The molecule has 1 fully saturated rings. The molecule has 1 amide bonds. The Morgan fingerprint density at radius 3 is 2.67 bits per heavy atom. The van der Waals surface area contributed by atoms with Gasteiger partial charge in [-0.2, -0.15) is 5.10 Å². The first-order chi connectivity index (χ1) is 17.5. The molecule has 0 aliphatic carbocycles. The van der Waals surface area contributed by atoms with Crippen molar-refractivity contribution in [2.75, 3.05) is 19.7 Å². The number of rotatable bonds is 6. The van der Waals surface area contributed by atoms with Gasteiger partial charge < -0.3 is 14.2 Å². The van der Waals surface area contributed by atoms with Crippen LogP contribution in [-0.2, 0) is 27.4 Å². The van der Waals surface area contributed by atoms with Crippen molar-refractivity contribution in [3.05, 3.63) is 76.5 Å². The minimum atomic E-state index is -0.377. The lowest BCUT2D eigenvalue weighted by Crippen LogP contribution is -2.45. The van der Waals surface area contributed by atoms with E-state index in [1.807, 2.05) is 28.8 Å². The maximum Gasteiger partial charge on any atom is 0.310 e. The van der Waals surface area contributed by atoms with Gasteiger partial charge in [-0.25, -0.2) is 9.07 Å². The third-order valence-corrected chi connectivity index (χ3v) is 6.71. The minimum absolute atomic E-state index is 0.220. The highest BCUT2D eigenvalue weighted by molar-refractivity contribution is 6.07. The van der Waals surface area contributed by atoms with Gasteiger partial charge in [-0.3, -0.25) is 14.4 Å². The van der Waals surface area contributed by atoms with Gasteiger partial charge in [-0.15, -0.1) is 0 Å². The molecule has 36 heavy (non-hydrogen) atoms. The summed E-state index contributed by atoms with van der Waals surface area (Å²) in [5.74, 6) is -1.24. The monoisotopic (exact) mass is 490 g/mol. The molecule has 1 aliphatic rings. The van der Waals surface area contributed by atoms with Crippen LogP contribution in [0.3, 0.4) is 0 Å². The van der Waals surface area contributed by atoms with Gasteiger partial charge >= 0.3 is 5.97 Å². The summed E-state index contributed by atoms with van der Waals surface area (Å²) < 4.78 is 21.6. The molecule has 0 bridgehead atoms. The molecule has 0 spiro atoms. The van der Waals surface area contributed by atoms with Crippen molar-refractivity contribution >= 4 is 33.7 Å². The third-order valence-electron chi connectivity index (χ3n) is 6.71. The molecule has 2 aromatic carbocycles. The van der Waals surface area contributed by atoms with Gasteiger partial charge in [0.1, 0.15) is 17.9 Å². The fourth-order valence-electron chi connectivity index (χ4n) is 4.93. The van der Waals surface area contributed by atoms with Crippen molar-refractivity contribution in [3.63, 3.8) is 0 Å². The number of amides is 1. The number of carbonyl (C=O) groups is 2. The first-order valence-corrected chi connectivity index (χ1v) is 12.1. The predicted molar refractivity (Wildman–Crippen MR) is 133 cm³/mol. The van der Waals surface area contributed by atoms with E-state index < -0.39 is 0 Å². The fourth-order valence-corrected chi connectivity index (χ4v) is 4.93. The molecule has 1 aliphatic heterocycles. The highest BCUT2D eigenvalue weighted by Crippen LogP contribution is 2.27. The summed E-state index contributed by atoms with van der Waals surface area (Å²) in [5.41, 5.74) is 1.76. The summed E-state index contributed by atoms with van der Waals surface area (Å²) >= 11 is 0. The molecule has 2 aromatic heterocycles. The second-order valence-electron chi connectivity index (χ2n) is 9.03. The Bertz CT molecular complexity index is 1490. The van der Waals surface area contributed by atoms with Crippen molar-refractivity contribution < 1.29 is 18.7 Å². The van der Waals surface area contributed by atoms with Crippen molar-refractivity contribution in [3.8, 4) is 0 Å². The van der Waals surface area contributed by atoms with Crippen LogP contribution in [0.2, 0.25) is 0 Å². The second-order valence-corrected chi connectivity index (χ2v) is 9.03. The Labute approximate surface area is 206 Å². The van der Waals surface area contributed by atoms with Crippen molar-refractivity contribution in [2.45, 2.75) is 32.9 Å². The average Bonchev–Trinajstić information content (AvgIpc) is 3.21. The number of para-hydroxylation sites is 1. The SMILES string of the molecule is CCOC(=O)[C@@H]1CCCN(C(=O)Cn2ncc3c4ccccc4n(Cc4ccc(F)cc4)c3c2=O)C1. The molecule has 5 rings (SSSR count). The summed E-state index contributed by atoms with van der Waals surface area (Å²) in [4.78, 5) is 40.5. The zero-order valence-electron chi connectivity index (χ0n) is 20.0. The van der Waals surface area contributed by atoms with E-state index in [2.05, 4.69) is 5.10 Å². The van der Waals surface area contributed by atoms with E-state index in [-0.39, 0.29) is 42.3 Å². The van der Waals surface area contributed by atoms with Crippen LogP contribution >= 0.6 is 0 Å². The number of benzene rings is 2. The lowest BCUT2D eigenvalue weighted by molar-refractivity contribution is -0.151. The number of halogens is 1. The summed E-state index contributed by atoms with van der Waals surface area (Å²) in [7, 11) is 0. The van der Waals surface area contributed by atoms with Crippen molar-refractivity contribution in [1.82, 2.24) is 19.2 Å². The van der Waals surface area contributed by atoms with Crippen LogP contribution in [0.1, 0.15) is 25.3 Å². The zero-order valence-corrected chi connectivity index (χ0v) is 20.0. The molecule has 0 saturated carbocycles. The van der Waals surface area contributed by atoms with Gasteiger partial charge in [0.05, 0.1) is 18.7 Å². The van der Waals surface area contributed by atoms with E-state index >= 15 is 0 Å². The third kappa shape index (κ3) is 4.48. The van der Waals surface area contributed by atoms with Gasteiger partial charge in [0, 0.05) is 35.9 Å². The minimum Gasteiger partial charge on any atom is -0.466 e. The van der Waals surface area contributed by atoms with E-state index in [0.717, 1.165) is 16.5 Å². The number of piperidine rings is 1. The highest BCUT2D eigenvalue weighted by atomic mass is 19.1. The number of ether oxygens (including phenoxy) is 1. The zero-order chi connectivity index (χ0) is 25.2. The van der Waals surface area contributed by atoms with E-state index in [1.54, 1.807) is 30.2 Å². The fraction of sp³-hybridized carbons (Fsp3) is 0.333. The van der Waals surface area contributed by atoms with Gasteiger partial charge in [0.25, 0.3) is 5.56 Å². The van der Waals surface area contributed by atoms with Gasteiger partial charge in [-0.05, 0) is 43.5 Å². The molecule has 4 aromatic rings. The number of aromatic nitrogens is 3. The van der Waals surface area contributed by atoms with Crippen molar-refractivity contribution in [2.24, 2.45) is 5.92 Å². The Kier molecular flexibility index (Phi) is 6.54. The van der Waals surface area contributed by atoms with Crippen LogP contribution < -0.4 is 5.56 Å². The van der Waals surface area contributed by atoms with E-state index in [1.165, 1.54) is 16.8 Å². The van der Waals surface area contributed by atoms with Crippen LogP contribution in [0.4, 0.5) is 4.39 Å². The molecule has 3 heterocycles. The van der Waals surface area contributed by atoms with E-state index in [4.69, 9.17) is 4.74 Å². The summed E-state index contributed by atoms with van der Waals surface area (Å²) in [6, 6.07) is 13.8. The first-order valence-electron chi connectivity index (χ1n) is 12.1. The number of hydrogen-bond donors (Lipinski definition) is 0. The molecule has 8 nitrogen and oxygen atoms in total. The Morgan fingerprint density at radius 2 is 1.89 bits per heavy atom. The molecule has 0 radical (unpaired) electrons. The molecular weight excluding hydrogens is 463 g/mol. The first kappa shape index (κ1) is 23.7. The molecule has 1 saturated heterocycles. The predicted octanol–water partition coefficient (Wildman–Crippen LogP) is 3.34. The second kappa shape index (κ2) is 9.93. The van der Waals surface area contributed by atoms with Crippen LogP contribution in [0.5, 0.6) is 0 Å². The van der Waals surface area contributed by atoms with E-state index in [9.17, 15) is 18.8 Å². The standard InChI is InChI=1S/C27H27FN4O4/c1-2-36-27(35)19-6-5-13-30(16-19)24(33)17-32-26(34)25-22(14-29-32)21-7-3-4-8-23(21)31(25)15-18-9-11-20(28)12-10-18/h3-4,7-12,14,19H,2,5-6,13,15-17H2,1H3/t19-/m1/s1. The summed E-state index contributed by atoms with van der Waals surface area (Å²) in [5, 5.41) is 5.89. The number of esters is 1. The molecule has 9 heteroatoms. The molecule has 1 atom stereocenters.